The maximum absolute atomic E-state index is 12.8. The van der Waals surface area contributed by atoms with E-state index in [0.717, 1.165) is 18.2 Å². The Labute approximate surface area is 179 Å². The highest BCUT2D eigenvalue weighted by molar-refractivity contribution is 5.88. The lowest BCUT2D eigenvalue weighted by molar-refractivity contribution is -0.232. The van der Waals surface area contributed by atoms with E-state index in [4.69, 9.17) is 9.15 Å². The van der Waals surface area contributed by atoms with Crippen molar-refractivity contribution in [2.24, 2.45) is 0 Å². The molecule has 4 rings (SSSR count). The van der Waals surface area contributed by atoms with Crippen LogP contribution in [0.1, 0.15) is 11.7 Å². The first-order chi connectivity index (χ1) is 15.1. The Kier molecular flexibility index (Phi) is 5.44. The molecule has 8 N–H and O–H groups in total. The van der Waals surface area contributed by atoms with Gasteiger partial charge in [0.1, 0.15) is 58.7 Å². The summed E-state index contributed by atoms with van der Waals surface area (Å²) in [7, 11) is 0. The molecular weight excluding hydrogens is 428 g/mol. The van der Waals surface area contributed by atoms with E-state index in [2.05, 4.69) is 0 Å². The fourth-order valence-electron chi connectivity index (χ4n) is 3.74. The normalized spacial score (nSPS) is 25.8. The summed E-state index contributed by atoms with van der Waals surface area (Å²) in [5.74, 6) is -2.28. The quantitative estimate of drug-likeness (QED) is 0.247. The van der Waals surface area contributed by atoms with E-state index in [1.54, 1.807) is 0 Å². The Morgan fingerprint density at radius 1 is 0.844 bits per heavy atom. The maximum atomic E-state index is 12.8. The maximum Gasteiger partial charge on any atom is 0.197 e. The zero-order chi connectivity index (χ0) is 23.3. The van der Waals surface area contributed by atoms with Crippen molar-refractivity contribution in [3.05, 3.63) is 46.1 Å². The van der Waals surface area contributed by atoms with Crippen LogP contribution in [-0.2, 0) is 4.74 Å². The number of aromatic hydroxyl groups is 4. The average molecular weight is 448 g/mol. The number of aliphatic hydroxyl groups excluding tert-OH is 4. The van der Waals surface area contributed by atoms with Gasteiger partial charge >= 0.3 is 0 Å². The Morgan fingerprint density at radius 3 is 2.22 bits per heavy atom. The summed E-state index contributed by atoms with van der Waals surface area (Å²) in [5.41, 5.74) is -1.17. The summed E-state index contributed by atoms with van der Waals surface area (Å²) in [6.07, 6.45) is -8.09. The minimum atomic E-state index is -1.80. The lowest BCUT2D eigenvalue weighted by atomic mass is 9.89. The second kappa shape index (κ2) is 7.97. The van der Waals surface area contributed by atoms with Crippen molar-refractivity contribution in [2.75, 3.05) is 6.61 Å². The third-order valence-corrected chi connectivity index (χ3v) is 5.45. The van der Waals surface area contributed by atoms with Gasteiger partial charge in [-0.05, 0) is 18.2 Å². The van der Waals surface area contributed by atoms with Gasteiger partial charge in [0.2, 0.25) is 0 Å². The van der Waals surface area contributed by atoms with Gasteiger partial charge in [-0.3, -0.25) is 4.79 Å². The molecule has 1 unspecified atom stereocenters. The standard InChI is InChI=1S/C21H20O11/c22-6-14-17(27)19(29)20(30)21(32-14)16-11(26)5-13-15(18(16)28)10(25)4-12(31-13)7-1-2-8(23)9(24)3-7/h1-5,14,17,19-24,26-30H,6H2/t14-,17-,19+,20-,21?/m1/s1. The molecule has 5 atom stereocenters. The van der Waals surface area contributed by atoms with Crippen molar-refractivity contribution in [2.45, 2.75) is 30.5 Å². The van der Waals surface area contributed by atoms with Crippen molar-refractivity contribution in [3.8, 4) is 34.3 Å². The molecule has 0 saturated carbocycles. The molecule has 2 aromatic carbocycles. The number of fused-ring (bicyclic) bond motifs is 1. The second-order valence-electron chi connectivity index (χ2n) is 7.46. The molecule has 1 aliphatic rings. The van der Waals surface area contributed by atoms with Gasteiger partial charge in [-0.2, -0.15) is 0 Å². The van der Waals surface area contributed by atoms with Crippen LogP contribution in [0.25, 0.3) is 22.3 Å². The van der Waals surface area contributed by atoms with Crippen LogP contribution >= 0.6 is 0 Å². The molecule has 32 heavy (non-hydrogen) atoms. The summed E-state index contributed by atoms with van der Waals surface area (Å²) in [6.45, 7) is -0.721. The van der Waals surface area contributed by atoms with Gasteiger partial charge in [0.05, 0.1) is 12.2 Å². The monoisotopic (exact) mass is 448 g/mol. The molecule has 0 aliphatic carbocycles. The first-order valence-corrected chi connectivity index (χ1v) is 9.49. The van der Waals surface area contributed by atoms with Crippen molar-refractivity contribution < 1.29 is 50.0 Å². The predicted octanol–water partition coefficient (Wildman–Crippen LogP) is -0.203. The summed E-state index contributed by atoms with van der Waals surface area (Å²) in [5, 5.41) is 79.6. The molecule has 2 heterocycles. The van der Waals surface area contributed by atoms with E-state index < -0.39 is 65.4 Å². The largest absolute Gasteiger partial charge is 0.507 e. The van der Waals surface area contributed by atoms with Crippen LogP contribution < -0.4 is 5.43 Å². The Balaban J connectivity index is 1.86. The first kappa shape index (κ1) is 21.9. The van der Waals surface area contributed by atoms with Crippen LogP contribution in [0.2, 0.25) is 0 Å². The van der Waals surface area contributed by atoms with Crippen LogP contribution in [0, 0.1) is 0 Å². The molecule has 0 bridgehead atoms. The molecule has 11 nitrogen and oxygen atoms in total. The van der Waals surface area contributed by atoms with Gasteiger partial charge in [-0.15, -0.1) is 0 Å². The molecule has 3 aromatic rings. The zero-order valence-electron chi connectivity index (χ0n) is 16.3. The molecular formula is C21H20O11. The van der Waals surface area contributed by atoms with E-state index >= 15 is 0 Å². The van der Waals surface area contributed by atoms with Crippen molar-refractivity contribution >= 4 is 11.0 Å². The number of phenols is 4. The molecule has 0 radical (unpaired) electrons. The average Bonchev–Trinajstić information content (AvgIpc) is 2.74. The first-order valence-electron chi connectivity index (χ1n) is 9.49. The minimum absolute atomic E-state index is 0.0304. The molecule has 170 valence electrons. The fraction of sp³-hybridized carbons (Fsp3) is 0.286. The highest BCUT2D eigenvalue weighted by atomic mass is 16.5. The van der Waals surface area contributed by atoms with Crippen molar-refractivity contribution in [1.82, 2.24) is 0 Å². The number of aliphatic hydroxyl groups is 4. The number of phenolic OH excluding ortho intramolecular Hbond substituents is 4. The number of ether oxygens (including phenoxy) is 1. The SMILES string of the molecule is O=c1cc(-c2ccc(O)c(O)c2)oc2cc(O)c(C3O[C@H](CO)[C@@H](O)[C@H](O)[C@H]3O)c(O)c12. The number of rotatable bonds is 3. The fourth-order valence-corrected chi connectivity index (χ4v) is 3.74. The number of benzene rings is 2. The Bertz CT molecular complexity index is 1230. The van der Waals surface area contributed by atoms with Gasteiger partial charge in [0, 0.05) is 17.7 Å². The highest BCUT2D eigenvalue weighted by Gasteiger charge is 2.46. The topological polar surface area (TPSA) is 201 Å². The smallest absolute Gasteiger partial charge is 0.197 e. The molecule has 1 fully saturated rings. The molecule has 0 spiro atoms. The van der Waals surface area contributed by atoms with Gasteiger partial charge in [-0.25, -0.2) is 0 Å². The van der Waals surface area contributed by atoms with E-state index in [1.165, 1.54) is 12.1 Å². The van der Waals surface area contributed by atoms with Crippen LogP contribution in [0.5, 0.6) is 23.0 Å². The van der Waals surface area contributed by atoms with Crippen LogP contribution in [0.15, 0.2) is 39.5 Å². The third-order valence-electron chi connectivity index (χ3n) is 5.45. The predicted molar refractivity (Wildman–Crippen MR) is 107 cm³/mol. The van der Waals surface area contributed by atoms with Crippen molar-refractivity contribution in [1.29, 1.82) is 0 Å². The second-order valence-corrected chi connectivity index (χ2v) is 7.46. The van der Waals surface area contributed by atoms with E-state index in [-0.39, 0.29) is 28.0 Å². The highest BCUT2D eigenvalue weighted by Crippen LogP contribution is 2.44. The van der Waals surface area contributed by atoms with Crippen LogP contribution in [0.4, 0.5) is 0 Å². The molecule has 0 amide bonds. The molecule has 1 aromatic heterocycles. The van der Waals surface area contributed by atoms with E-state index in [0.29, 0.717) is 0 Å². The summed E-state index contributed by atoms with van der Waals surface area (Å²) >= 11 is 0. The number of hydrogen-bond donors (Lipinski definition) is 8. The third kappa shape index (κ3) is 3.42. The van der Waals surface area contributed by atoms with Crippen LogP contribution in [0.3, 0.4) is 0 Å². The Hall–Kier alpha value is -3.35. The lowest BCUT2D eigenvalue weighted by Gasteiger charge is -2.40. The summed E-state index contributed by atoms with van der Waals surface area (Å²) < 4.78 is 11.0. The molecule has 1 saturated heterocycles. The molecule has 11 heteroatoms. The van der Waals surface area contributed by atoms with Crippen LogP contribution in [-0.4, -0.2) is 71.9 Å². The number of hydrogen-bond acceptors (Lipinski definition) is 11. The summed E-state index contributed by atoms with van der Waals surface area (Å²) in [6, 6.07) is 5.73. The van der Waals surface area contributed by atoms with E-state index in [1.807, 2.05) is 0 Å². The van der Waals surface area contributed by atoms with E-state index in [9.17, 15) is 45.6 Å². The van der Waals surface area contributed by atoms with Gasteiger partial charge < -0.3 is 50.0 Å². The zero-order valence-corrected chi connectivity index (χ0v) is 16.3. The molecule has 1 aliphatic heterocycles. The minimum Gasteiger partial charge on any atom is -0.507 e. The van der Waals surface area contributed by atoms with Gasteiger partial charge in [-0.1, -0.05) is 0 Å². The van der Waals surface area contributed by atoms with Gasteiger partial charge in [0.25, 0.3) is 0 Å². The lowest BCUT2D eigenvalue weighted by Crippen LogP contribution is -2.55. The van der Waals surface area contributed by atoms with Crippen molar-refractivity contribution in [3.63, 3.8) is 0 Å². The summed E-state index contributed by atoms with van der Waals surface area (Å²) in [4.78, 5) is 12.8. The van der Waals surface area contributed by atoms with Gasteiger partial charge in [0.15, 0.2) is 16.9 Å². The Morgan fingerprint density at radius 2 is 1.56 bits per heavy atom.